The second-order valence-corrected chi connectivity index (χ2v) is 8.27. The highest BCUT2D eigenvalue weighted by Gasteiger charge is 2.29. The van der Waals surface area contributed by atoms with Crippen LogP contribution in [0.1, 0.15) is 36.5 Å². The molecule has 3 rings (SSSR count). The molecule has 1 fully saturated rings. The summed E-state index contributed by atoms with van der Waals surface area (Å²) in [5.41, 5.74) is 2.52. The lowest BCUT2D eigenvalue weighted by molar-refractivity contribution is 0.258. The molecule has 2 unspecified atom stereocenters. The lowest BCUT2D eigenvalue weighted by Crippen LogP contribution is -2.44. The molecule has 1 aliphatic rings. The predicted molar refractivity (Wildman–Crippen MR) is 130 cm³/mol. The molecule has 0 bridgehead atoms. The molecule has 28 heavy (non-hydrogen) atoms. The number of aromatic nitrogens is 1. The first-order valence-electron chi connectivity index (χ1n) is 9.88. The molecule has 0 saturated carbocycles. The zero-order chi connectivity index (χ0) is 19.1. The number of nitrogens with zero attached hydrogens (tertiary/aromatic N) is 3. The van der Waals surface area contributed by atoms with Gasteiger partial charge < -0.3 is 10.6 Å². The lowest BCUT2D eigenvalue weighted by Gasteiger charge is -2.21. The third kappa shape index (κ3) is 7.00. The van der Waals surface area contributed by atoms with E-state index in [1.807, 2.05) is 6.92 Å². The van der Waals surface area contributed by atoms with Crippen molar-refractivity contribution in [3.05, 3.63) is 52.0 Å². The molecule has 5 nitrogen and oxygen atoms in total. The fourth-order valence-corrected chi connectivity index (χ4v) is 4.21. The van der Waals surface area contributed by atoms with E-state index in [9.17, 15) is 0 Å². The largest absolute Gasteiger partial charge is 0.357 e. The van der Waals surface area contributed by atoms with E-state index < -0.39 is 0 Å². The third-order valence-electron chi connectivity index (χ3n) is 4.92. The molecule has 0 spiro atoms. The average molecular weight is 513 g/mol. The Morgan fingerprint density at radius 3 is 2.79 bits per heavy atom. The topological polar surface area (TPSA) is 52.6 Å². The van der Waals surface area contributed by atoms with Gasteiger partial charge in [0.05, 0.1) is 10.7 Å². The van der Waals surface area contributed by atoms with Crippen molar-refractivity contribution in [1.29, 1.82) is 0 Å². The summed E-state index contributed by atoms with van der Waals surface area (Å²) in [7, 11) is 0. The van der Waals surface area contributed by atoms with Crippen molar-refractivity contribution in [3.63, 3.8) is 0 Å². The molecule has 0 radical (unpaired) electrons. The van der Waals surface area contributed by atoms with Crippen molar-refractivity contribution in [2.75, 3.05) is 19.6 Å². The maximum absolute atomic E-state index is 4.76. The number of hydrogen-bond donors (Lipinski definition) is 2. The van der Waals surface area contributed by atoms with E-state index in [0.717, 1.165) is 55.7 Å². The maximum Gasteiger partial charge on any atom is 0.191 e. The van der Waals surface area contributed by atoms with Crippen molar-refractivity contribution in [2.45, 2.75) is 52.2 Å². The van der Waals surface area contributed by atoms with Gasteiger partial charge in [0.2, 0.25) is 0 Å². The first-order chi connectivity index (χ1) is 13.1. The summed E-state index contributed by atoms with van der Waals surface area (Å²) < 4.78 is 0. The molecule has 1 saturated heterocycles. The fraction of sp³-hybridized carbons (Fsp3) is 0.524. The summed E-state index contributed by atoms with van der Waals surface area (Å²) in [5.74, 6) is 0.920. The Labute approximate surface area is 190 Å². The van der Waals surface area contributed by atoms with Crippen LogP contribution in [0.25, 0.3) is 0 Å². The van der Waals surface area contributed by atoms with E-state index in [-0.39, 0.29) is 24.0 Å². The summed E-state index contributed by atoms with van der Waals surface area (Å²) in [6.45, 7) is 10.2. The zero-order valence-corrected chi connectivity index (χ0v) is 20.2. The molecule has 1 aromatic carbocycles. The Morgan fingerprint density at radius 1 is 1.32 bits per heavy atom. The Kier molecular flexibility index (Phi) is 9.67. The minimum absolute atomic E-state index is 0. The number of halogens is 1. The summed E-state index contributed by atoms with van der Waals surface area (Å²) in [4.78, 5) is 11.8. The van der Waals surface area contributed by atoms with E-state index in [4.69, 9.17) is 4.99 Å². The first kappa shape index (κ1) is 23.1. The molecule has 2 heterocycles. The Hall–Kier alpha value is -1.19. The quantitative estimate of drug-likeness (QED) is 0.336. The van der Waals surface area contributed by atoms with Gasteiger partial charge in [0.25, 0.3) is 0 Å². The highest BCUT2D eigenvalue weighted by Crippen LogP contribution is 2.20. The minimum atomic E-state index is 0. The van der Waals surface area contributed by atoms with E-state index in [2.05, 4.69) is 70.1 Å². The molecule has 1 aliphatic heterocycles. The van der Waals surface area contributed by atoms with Crippen LogP contribution in [-0.2, 0) is 13.0 Å². The average Bonchev–Trinajstić information content (AvgIpc) is 3.21. The van der Waals surface area contributed by atoms with E-state index in [1.165, 1.54) is 5.56 Å². The predicted octanol–water partition coefficient (Wildman–Crippen LogP) is 3.83. The molecule has 7 heteroatoms. The molecule has 154 valence electrons. The Balaban J connectivity index is 0.00000280. The smallest absolute Gasteiger partial charge is 0.191 e. The number of likely N-dealkylation sites (tertiary alicyclic amines) is 1. The van der Waals surface area contributed by atoms with Crippen molar-refractivity contribution in [2.24, 2.45) is 4.99 Å². The number of benzene rings is 1. The molecule has 0 amide bonds. The van der Waals surface area contributed by atoms with Gasteiger partial charge in [-0.05, 0) is 32.8 Å². The number of guanidine groups is 1. The molecule has 2 N–H and O–H groups in total. The van der Waals surface area contributed by atoms with Crippen LogP contribution in [0, 0.1) is 6.92 Å². The lowest BCUT2D eigenvalue weighted by atomic mass is 10.2. The normalized spacial score (nSPS) is 20.0. The maximum atomic E-state index is 4.76. The van der Waals surface area contributed by atoms with Crippen molar-refractivity contribution in [1.82, 2.24) is 20.5 Å². The molecular formula is C21H32IN5S. The van der Waals surface area contributed by atoms with Crippen molar-refractivity contribution in [3.8, 4) is 0 Å². The zero-order valence-electron chi connectivity index (χ0n) is 17.0. The fourth-order valence-electron chi connectivity index (χ4n) is 3.56. The van der Waals surface area contributed by atoms with Crippen LogP contribution in [0.2, 0.25) is 0 Å². The number of aryl methyl sites for hydroxylation is 1. The molecule has 2 atom stereocenters. The second-order valence-electron chi connectivity index (χ2n) is 7.21. The van der Waals surface area contributed by atoms with Crippen LogP contribution in [0.3, 0.4) is 0 Å². The second kappa shape index (κ2) is 11.7. The molecule has 1 aromatic heterocycles. The number of nitrogens with one attached hydrogen (secondary N) is 2. The summed E-state index contributed by atoms with van der Waals surface area (Å²) in [6, 6.07) is 11.7. The van der Waals surface area contributed by atoms with Gasteiger partial charge >= 0.3 is 0 Å². The van der Waals surface area contributed by atoms with Gasteiger partial charge in [-0.1, -0.05) is 30.3 Å². The van der Waals surface area contributed by atoms with Crippen LogP contribution >= 0.6 is 35.3 Å². The van der Waals surface area contributed by atoms with Gasteiger partial charge in [-0.15, -0.1) is 35.3 Å². The van der Waals surface area contributed by atoms with E-state index >= 15 is 0 Å². The Bertz CT molecular complexity index is 733. The van der Waals surface area contributed by atoms with Crippen LogP contribution in [0.15, 0.2) is 40.7 Å². The van der Waals surface area contributed by atoms with E-state index in [1.54, 1.807) is 11.3 Å². The number of aliphatic imine (C=N–C) groups is 1. The molecular weight excluding hydrogens is 481 g/mol. The SMILES string of the molecule is CCNC(=NCCc1csc(C)n1)NC1CC(C)N(Cc2ccccc2)C1.I. The molecule has 0 aliphatic carbocycles. The highest BCUT2D eigenvalue weighted by atomic mass is 127. The van der Waals surface area contributed by atoms with Crippen LogP contribution in [-0.4, -0.2) is 47.6 Å². The summed E-state index contributed by atoms with van der Waals surface area (Å²) in [6.07, 6.45) is 2.03. The van der Waals surface area contributed by atoms with Gasteiger partial charge in [0.1, 0.15) is 0 Å². The standard InChI is InChI=1S/C21H31N5S.HI/c1-4-22-21(23-11-10-19-15-27-17(3)24-19)25-20-12-16(2)26(14-20)13-18-8-6-5-7-9-18;/h5-9,15-16,20H,4,10-14H2,1-3H3,(H2,22,23,25);1H. The summed E-state index contributed by atoms with van der Waals surface area (Å²) in [5, 5.41) is 10.3. The van der Waals surface area contributed by atoms with Crippen LogP contribution < -0.4 is 10.6 Å². The van der Waals surface area contributed by atoms with Crippen molar-refractivity contribution < 1.29 is 0 Å². The third-order valence-corrected chi connectivity index (χ3v) is 5.74. The van der Waals surface area contributed by atoms with Gasteiger partial charge in [-0.2, -0.15) is 0 Å². The van der Waals surface area contributed by atoms with Gasteiger partial charge in [-0.25, -0.2) is 4.98 Å². The van der Waals surface area contributed by atoms with E-state index in [0.29, 0.717) is 12.1 Å². The van der Waals surface area contributed by atoms with Crippen molar-refractivity contribution >= 4 is 41.3 Å². The van der Waals surface area contributed by atoms with Gasteiger partial charge in [0, 0.05) is 50.1 Å². The number of thiazole rings is 1. The Morgan fingerprint density at radius 2 is 2.11 bits per heavy atom. The molecule has 2 aromatic rings. The summed E-state index contributed by atoms with van der Waals surface area (Å²) >= 11 is 1.70. The monoisotopic (exact) mass is 513 g/mol. The van der Waals surface area contributed by atoms with Crippen LogP contribution in [0.4, 0.5) is 0 Å². The number of rotatable bonds is 7. The first-order valence-corrected chi connectivity index (χ1v) is 10.8. The van der Waals surface area contributed by atoms with Gasteiger partial charge in [0.15, 0.2) is 5.96 Å². The highest BCUT2D eigenvalue weighted by molar-refractivity contribution is 14.0. The minimum Gasteiger partial charge on any atom is -0.357 e. The van der Waals surface area contributed by atoms with Gasteiger partial charge in [-0.3, -0.25) is 9.89 Å². The number of hydrogen-bond acceptors (Lipinski definition) is 4. The van der Waals surface area contributed by atoms with Crippen LogP contribution in [0.5, 0.6) is 0 Å².